The number of fused-ring (bicyclic) bond motifs is 2. The molecule has 2 aliphatic heterocycles. The quantitative estimate of drug-likeness (QED) is 0.911. The first-order valence-corrected chi connectivity index (χ1v) is 8.83. The van der Waals surface area contributed by atoms with Crippen LogP contribution in [0.4, 0.5) is 5.95 Å². The highest BCUT2D eigenvalue weighted by atomic mass is 35.5. The molecule has 1 aromatic heterocycles. The summed E-state index contributed by atoms with van der Waals surface area (Å²) in [7, 11) is 0. The third kappa shape index (κ3) is 2.56. The van der Waals surface area contributed by atoms with Gasteiger partial charge in [0.2, 0.25) is 5.95 Å². The van der Waals surface area contributed by atoms with Crippen molar-refractivity contribution in [3.63, 3.8) is 0 Å². The average Bonchev–Trinajstić information content (AvgIpc) is 3.06. The molecule has 25 heavy (non-hydrogen) atoms. The van der Waals surface area contributed by atoms with Crippen molar-refractivity contribution in [3.8, 4) is 0 Å². The summed E-state index contributed by atoms with van der Waals surface area (Å²) < 4.78 is 5.19. The Morgan fingerprint density at radius 2 is 2.08 bits per heavy atom. The molecule has 1 amide bonds. The lowest BCUT2D eigenvalue weighted by Gasteiger charge is -2.34. The molecule has 1 atom stereocenters. The van der Waals surface area contributed by atoms with Gasteiger partial charge in [0.25, 0.3) is 5.91 Å². The number of aromatic nitrogens is 2. The second-order valence-electron chi connectivity index (χ2n) is 6.84. The highest BCUT2D eigenvalue weighted by Gasteiger charge is 2.37. The van der Waals surface area contributed by atoms with E-state index in [0.717, 1.165) is 23.6 Å². The number of carbonyl (C=O) groups is 1. The number of benzene rings is 1. The number of anilines is 1. The maximum atomic E-state index is 12.4. The van der Waals surface area contributed by atoms with Crippen LogP contribution in [-0.4, -0.2) is 46.1 Å². The van der Waals surface area contributed by atoms with Crippen LogP contribution in [0.25, 0.3) is 0 Å². The first-order chi connectivity index (χ1) is 12.2. The molecule has 1 aromatic carbocycles. The summed E-state index contributed by atoms with van der Waals surface area (Å²) in [5, 5.41) is 4.17. The molecule has 7 heteroatoms. The van der Waals surface area contributed by atoms with Gasteiger partial charge in [0, 0.05) is 17.3 Å². The van der Waals surface area contributed by atoms with E-state index in [1.54, 1.807) is 6.20 Å². The minimum atomic E-state index is 0.0118. The number of hydrogen-bond acceptors (Lipinski definition) is 5. The molecule has 1 fully saturated rings. The van der Waals surface area contributed by atoms with Gasteiger partial charge in [0.1, 0.15) is 0 Å². The Labute approximate surface area is 150 Å². The van der Waals surface area contributed by atoms with Crippen molar-refractivity contribution in [1.29, 1.82) is 0 Å². The number of amides is 1. The number of ether oxygens (including phenoxy) is 1. The SMILES string of the molecule is O=C1c2cnc(N[C@@H]3Cc4ccc(Cl)cc4C3)nc2CN1C1COC1. The monoisotopic (exact) mass is 356 g/mol. The van der Waals surface area contributed by atoms with Gasteiger partial charge in [-0.3, -0.25) is 4.79 Å². The zero-order valence-electron chi connectivity index (χ0n) is 13.5. The van der Waals surface area contributed by atoms with Gasteiger partial charge >= 0.3 is 0 Å². The van der Waals surface area contributed by atoms with Crippen molar-refractivity contribution in [2.75, 3.05) is 18.5 Å². The Balaban J connectivity index is 1.32. The Bertz CT molecular complexity index is 868. The van der Waals surface area contributed by atoms with Crippen molar-refractivity contribution in [1.82, 2.24) is 14.9 Å². The number of halogens is 1. The van der Waals surface area contributed by atoms with E-state index in [4.69, 9.17) is 16.3 Å². The minimum absolute atomic E-state index is 0.0118. The topological polar surface area (TPSA) is 67.4 Å². The zero-order chi connectivity index (χ0) is 17.0. The summed E-state index contributed by atoms with van der Waals surface area (Å²) in [4.78, 5) is 23.2. The first-order valence-electron chi connectivity index (χ1n) is 8.46. The van der Waals surface area contributed by atoms with Gasteiger partial charge in [-0.1, -0.05) is 17.7 Å². The first kappa shape index (κ1) is 15.1. The third-order valence-electron chi connectivity index (χ3n) is 5.17. The van der Waals surface area contributed by atoms with Crippen molar-refractivity contribution >= 4 is 23.5 Å². The van der Waals surface area contributed by atoms with E-state index in [1.165, 1.54) is 11.1 Å². The average molecular weight is 357 g/mol. The highest BCUT2D eigenvalue weighted by Crippen LogP contribution is 2.28. The largest absolute Gasteiger partial charge is 0.377 e. The fraction of sp³-hybridized carbons (Fsp3) is 0.389. The lowest BCUT2D eigenvalue weighted by atomic mass is 10.1. The smallest absolute Gasteiger partial charge is 0.258 e. The number of hydrogen-bond donors (Lipinski definition) is 1. The molecule has 0 unspecified atom stereocenters. The normalized spacial score (nSPS) is 21.9. The molecular weight excluding hydrogens is 340 g/mol. The lowest BCUT2D eigenvalue weighted by Crippen LogP contribution is -2.48. The van der Waals surface area contributed by atoms with Crippen LogP contribution >= 0.6 is 11.6 Å². The molecule has 2 aromatic rings. The number of carbonyl (C=O) groups excluding carboxylic acids is 1. The molecule has 1 aliphatic carbocycles. The van der Waals surface area contributed by atoms with E-state index in [9.17, 15) is 4.79 Å². The summed E-state index contributed by atoms with van der Waals surface area (Å²) in [6.45, 7) is 1.77. The van der Waals surface area contributed by atoms with E-state index < -0.39 is 0 Å². The van der Waals surface area contributed by atoms with Crippen LogP contribution in [-0.2, 0) is 24.1 Å². The summed E-state index contributed by atoms with van der Waals surface area (Å²) >= 11 is 6.07. The maximum Gasteiger partial charge on any atom is 0.258 e. The van der Waals surface area contributed by atoms with Crippen LogP contribution in [0.1, 0.15) is 27.2 Å². The van der Waals surface area contributed by atoms with E-state index in [-0.39, 0.29) is 18.0 Å². The van der Waals surface area contributed by atoms with Crippen LogP contribution in [0.15, 0.2) is 24.4 Å². The van der Waals surface area contributed by atoms with Crippen LogP contribution in [0, 0.1) is 0 Å². The Kier molecular flexibility index (Phi) is 3.43. The standard InChI is InChI=1S/C18H17ClN4O2/c19-12-2-1-10-4-13(5-11(10)3-12)21-18-20-6-15-16(22-18)7-23(17(15)24)14-8-25-9-14/h1-3,6,13-14H,4-5,7-9H2,(H,20,21,22)/t13-/m1/s1. The van der Waals surface area contributed by atoms with Crippen LogP contribution in [0.5, 0.6) is 0 Å². The molecule has 0 spiro atoms. The van der Waals surface area contributed by atoms with E-state index in [0.29, 0.717) is 31.3 Å². The molecule has 1 N–H and O–H groups in total. The summed E-state index contributed by atoms with van der Waals surface area (Å²) in [6.07, 6.45) is 3.48. The molecule has 0 saturated carbocycles. The second kappa shape index (κ2) is 5.68. The number of nitrogens with one attached hydrogen (secondary N) is 1. The molecule has 1 saturated heterocycles. The third-order valence-corrected chi connectivity index (χ3v) is 5.41. The van der Waals surface area contributed by atoms with Gasteiger partial charge in [-0.05, 0) is 36.1 Å². The van der Waals surface area contributed by atoms with E-state index in [1.807, 2.05) is 17.0 Å². The van der Waals surface area contributed by atoms with Crippen LogP contribution in [0.2, 0.25) is 5.02 Å². The van der Waals surface area contributed by atoms with Crippen molar-refractivity contribution in [2.24, 2.45) is 0 Å². The molecule has 6 nitrogen and oxygen atoms in total. The zero-order valence-corrected chi connectivity index (χ0v) is 14.3. The molecule has 0 bridgehead atoms. The molecule has 3 aliphatic rings. The summed E-state index contributed by atoms with van der Waals surface area (Å²) in [5.74, 6) is 0.597. The lowest BCUT2D eigenvalue weighted by molar-refractivity contribution is -0.0542. The van der Waals surface area contributed by atoms with E-state index >= 15 is 0 Å². The molecular formula is C18H17ClN4O2. The van der Waals surface area contributed by atoms with Gasteiger partial charge in [0.05, 0.1) is 37.1 Å². The molecule has 128 valence electrons. The van der Waals surface area contributed by atoms with E-state index in [2.05, 4.69) is 21.4 Å². The van der Waals surface area contributed by atoms with Gasteiger partial charge in [-0.25, -0.2) is 9.97 Å². The summed E-state index contributed by atoms with van der Waals surface area (Å²) in [6, 6.07) is 6.46. The predicted octanol–water partition coefficient (Wildman–Crippen LogP) is 2.06. The Morgan fingerprint density at radius 3 is 2.88 bits per heavy atom. The molecule has 0 radical (unpaired) electrons. The minimum Gasteiger partial charge on any atom is -0.377 e. The number of nitrogens with zero attached hydrogens (tertiary/aromatic N) is 3. The highest BCUT2D eigenvalue weighted by molar-refractivity contribution is 6.30. The fourth-order valence-corrected chi connectivity index (χ4v) is 3.94. The Morgan fingerprint density at radius 1 is 1.24 bits per heavy atom. The molecule has 3 heterocycles. The van der Waals surface area contributed by atoms with Gasteiger partial charge < -0.3 is 15.0 Å². The predicted molar refractivity (Wildman–Crippen MR) is 92.8 cm³/mol. The van der Waals surface area contributed by atoms with Gasteiger partial charge in [-0.15, -0.1) is 0 Å². The van der Waals surface area contributed by atoms with Gasteiger partial charge in [0.15, 0.2) is 0 Å². The number of rotatable bonds is 3. The second-order valence-corrected chi connectivity index (χ2v) is 7.28. The van der Waals surface area contributed by atoms with Crippen molar-refractivity contribution in [3.05, 3.63) is 51.8 Å². The maximum absolute atomic E-state index is 12.4. The molecule has 5 rings (SSSR count). The Hall–Kier alpha value is -2.18. The van der Waals surface area contributed by atoms with Crippen LogP contribution in [0.3, 0.4) is 0 Å². The summed E-state index contributed by atoms with van der Waals surface area (Å²) in [5.41, 5.74) is 4.00. The van der Waals surface area contributed by atoms with Crippen LogP contribution < -0.4 is 5.32 Å². The fourth-order valence-electron chi connectivity index (χ4n) is 3.74. The van der Waals surface area contributed by atoms with Crippen molar-refractivity contribution in [2.45, 2.75) is 31.5 Å². The van der Waals surface area contributed by atoms with Crippen molar-refractivity contribution < 1.29 is 9.53 Å². The van der Waals surface area contributed by atoms with Gasteiger partial charge in [-0.2, -0.15) is 0 Å².